The number of nitrogens with zero attached hydrogens (tertiary/aromatic N) is 6. The maximum Gasteiger partial charge on any atom is 0.230 e. The highest BCUT2D eigenvalue weighted by molar-refractivity contribution is 7.14. The number of anilines is 2. The molecule has 7 nitrogen and oxygen atoms in total. The predicted molar refractivity (Wildman–Crippen MR) is 118 cm³/mol. The van der Waals surface area contributed by atoms with Gasteiger partial charge in [0.2, 0.25) is 11.7 Å². The summed E-state index contributed by atoms with van der Waals surface area (Å²) in [5.41, 5.74) is 4.99. The SMILES string of the molecule is CC(=O)N(c1ccc(C)c(C)c1)c1nc(Cn2nnc(-c3ccc(F)c(C)c3)n2)cs1. The lowest BCUT2D eigenvalue weighted by atomic mass is 10.1. The topological polar surface area (TPSA) is 76.8 Å². The summed E-state index contributed by atoms with van der Waals surface area (Å²) in [6, 6.07) is 10.6. The molecule has 2 aromatic carbocycles. The van der Waals surface area contributed by atoms with Crippen molar-refractivity contribution in [1.29, 1.82) is 0 Å². The van der Waals surface area contributed by atoms with E-state index in [1.165, 1.54) is 29.1 Å². The van der Waals surface area contributed by atoms with Crippen molar-refractivity contribution in [3.05, 3.63) is 70.0 Å². The van der Waals surface area contributed by atoms with Crippen molar-refractivity contribution in [2.45, 2.75) is 34.2 Å². The van der Waals surface area contributed by atoms with Crippen LogP contribution in [0.25, 0.3) is 11.4 Å². The van der Waals surface area contributed by atoms with Gasteiger partial charge in [-0.1, -0.05) is 6.07 Å². The second-order valence-electron chi connectivity index (χ2n) is 7.35. The van der Waals surface area contributed by atoms with E-state index in [-0.39, 0.29) is 11.7 Å². The number of aryl methyl sites for hydroxylation is 3. The molecule has 31 heavy (non-hydrogen) atoms. The van der Waals surface area contributed by atoms with Crippen molar-refractivity contribution in [3.8, 4) is 11.4 Å². The molecular weight excluding hydrogens is 415 g/mol. The fourth-order valence-corrected chi connectivity index (χ4v) is 4.00. The number of amides is 1. The van der Waals surface area contributed by atoms with Crippen LogP contribution in [0, 0.1) is 26.6 Å². The minimum Gasteiger partial charge on any atom is -0.274 e. The first kappa shape index (κ1) is 20.8. The van der Waals surface area contributed by atoms with Crippen LogP contribution in [0.5, 0.6) is 0 Å². The first-order valence-electron chi connectivity index (χ1n) is 9.68. The molecule has 0 spiro atoms. The van der Waals surface area contributed by atoms with Crippen molar-refractivity contribution in [2.24, 2.45) is 0 Å². The third-order valence-corrected chi connectivity index (χ3v) is 5.84. The Morgan fingerprint density at radius 1 is 1.10 bits per heavy atom. The number of carbonyl (C=O) groups excluding carboxylic acids is 1. The van der Waals surface area contributed by atoms with E-state index in [9.17, 15) is 9.18 Å². The van der Waals surface area contributed by atoms with Gasteiger partial charge in [0, 0.05) is 17.9 Å². The highest BCUT2D eigenvalue weighted by Gasteiger charge is 2.19. The highest BCUT2D eigenvalue weighted by atomic mass is 32.1. The van der Waals surface area contributed by atoms with Gasteiger partial charge < -0.3 is 0 Å². The smallest absolute Gasteiger partial charge is 0.230 e. The number of hydrogen-bond donors (Lipinski definition) is 0. The Kier molecular flexibility index (Phi) is 5.60. The second kappa shape index (κ2) is 8.35. The van der Waals surface area contributed by atoms with Gasteiger partial charge in [-0.3, -0.25) is 9.69 Å². The van der Waals surface area contributed by atoms with Gasteiger partial charge in [-0.2, -0.15) is 4.80 Å². The van der Waals surface area contributed by atoms with Crippen LogP contribution in [0.4, 0.5) is 15.2 Å². The van der Waals surface area contributed by atoms with Crippen molar-refractivity contribution < 1.29 is 9.18 Å². The third kappa shape index (κ3) is 4.36. The zero-order chi connectivity index (χ0) is 22.1. The Labute approximate surface area is 183 Å². The molecule has 4 rings (SSSR count). The first-order valence-corrected chi connectivity index (χ1v) is 10.6. The molecule has 0 aliphatic heterocycles. The van der Waals surface area contributed by atoms with E-state index in [2.05, 4.69) is 20.4 Å². The van der Waals surface area contributed by atoms with Gasteiger partial charge in [0.1, 0.15) is 12.4 Å². The van der Waals surface area contributed by atoms with E-state index >= 15 is 0 Å². The van der Waals surface area contributed by atoms with Crippen LogP contribution < -0.4 is 4.90 Å². The summed E-state index contributed by atoms with van der Waals surface area (Å²) in [4.78, 5) is 20.0. The van der Waals surface area contributed by atoms with Crippen LogP contribution in [0.1, 0.15) is 29.3 Å². The van der Waals surface area contributed by atoms with Crippen LogP contribution in [0.3, 0.4) is 0 Å². The highest BCUT2D eigenvalue weighted by Crippen LogP contribution is 2.30. The van der Waals surface area contributed by atoms with Gasteiger partial charge in [0.15, 0.2) is 5.13 Å². The summed E-state index contributed by atoms with van der Waals surface area (Å²) in [5, 5.41) is 15.0. The van der Waals surface area contributed by atoms with Gasteiger partial charge in [-0.05, 0) is 73.0 Å². The van der Waals surface area contributed by atoms with E-state index in [1.807, 2.05) is 37.4 Å². The normalized spacial score (nSPS) is 11.0. The molecule has 0 saturated heterocycles. The van der Waals surface area contributed by atoms with Gasteiger partial charge in [0.05, 0.1) is 11.4 Å². The molecule has 0 aliphatic rings. The van der Waals surface area contributed by atoms with E-state index in [0.29, 0.717) is 34.3 Å². The second-order valence-corrected chi connectivity index (χ2v) is 8.19. The number of tetrazole rings is 1. The number of halogens is 1. The Bertz CT molecular complexity index is 1260. The number of carbonyl (C=O) groups is 1. The van der Waals surface area contributed by atoms with Crippen molar-refractivity contribution in [3.63, 3.8) is 0 Å². The maximum absolute atomic E-state index is 13.5. The van der Waals surface area contributed by atoms with E-state index in [1.54, 1.807) is 24.0 Å². The van der Waals surface area contributed by atoms with Gasteiger partial charge in [0.25, 0.3) is 0 Å². The minimum atomic E-state index is -0.273. The molecule has 0 bridgehead atoms. The average molecular weight is 437 g/mol. The summed E-state index contributed by atoms with van der Waals surface area (Å²) in [6.45, 7) is 7.57. The molecule has 158 valence electrons. The average Bonchev–Trinajstić information content (AvgIpc) is 3.37. The molecule has 0 radical (unpaired) electrons. The molecule has 0 atom stereocenters. The van der Waals surface area contributed by atoms with E-state index in [4.69, 9.17) is 0 Å². The fourth-order valence-electron chi connectivity index (χ4n) is 3.12. The molecule has 0 aliphatic carbocycles. The van der Waals surface area contributed by atoms with Crippen molar-refractivity contribution in [2.75, 3.05) is 4.90 Å². The number of rotatable bonds is 5. The van der Waals surface area contributed by atoms with Crippen LogP contribution in [-0.2, 0) is 11.3 Å². The van der Waals surface area contributed by atoms with Crippen molar-refractivity contribution >= 4 is 28.1 Å². The van der Waals surface area contributed by atoms with Crippen molar-refractivity contribution in [1.82, 2.24) is 25.2 Å². The Hall–Kier alpha value is -3.46. The molecule has 0 N–H and O–H groups in total. The number of benzene rings is 2. The number of aromatic nitrogens is 5. The summed E-state index contributed by atoms with van der Waals surface area (Å²) in [5.74, 6) is 0.0287. The standard InChI is InChI=1S/C22H21FN6OS/c1-13-5-7-19(10-14(13)2)29(16(4)30)22-24-18(12-31-22)11-28-26-21(25-27-28)17-6-8-20(23)15(3)9-17/h5-10,12H,11H2,1-4H3. The minimum absolute atomic E-state index is 0.114. The van der Waals surface area contributed by atoms with E-state index in [0.717, 1.165) is 16.8 Å². The molecule has 2 aromatic heterocycles. The van der Waals surface area contributed by atoms with Crippen LogP contribution in [0.15, 0.2) is 41.8 Å². The molecular formula is C22H21FN6OS. The van der Waals surface area contributed by atoms with Crippen LogP contribution in [-0.4, -0.2) is 31.1 Å². The summed E-state index contributed by atoms with van der Waals surface area (Å²) < 4.78 is 13.5. The Balaban J connectivity index is 1.56. The molecule has 1 amide bonds. The monoisotopic (exact) mass is 436 g/mol. The predicted octanol–water partition coefficient (Wildman–Crippen LogP) is 4.59. The Morgan fingerprint density at radius 2 is 1.90 bits per heavy atom. The fraction of sp³-hybridized carbons (Fsp3) is 0.227. The molecule has 0 saturated carbocycles. The Morgan fingerprint density at radius 3 is 2.61 bits per heavy atom. The molecule has 2 heterocycles. The van der Waals surface area contributed by atoms with Crippen LogP contribution in [0.2, 0.25) is 0 Å². The zero-order valence-corrected chi connectivity index (χ0v) is 18.4. The van der Waals surface area contributed by atoms with Gasteiger partial charge in [-0.25, -0.2) is 9.37 Å². The first-order chi connectivity index (χ1) is 14.8. The molecule has 9 heteroatoms. The molecule has 4 aromatic rings. The molecule has 0 unspecified atom stereocenters. The number of thiazole rings is 1. The maximum atomic E-state index is 13.5. The summed E-state index contributed by atoms with van der Waals surface area (Å²) in [7, 11) is 0. The number of hydrogen-bond acceptors (Lipinski definition) is 6. The lowest BCUT2D eigenvalue weighted by molar-refractivity contribution is -0.115. The van der Waals surface area contributed by atoms with Crippen LogP contribution >= 0.6 is 11.3 Å². The van der Waals surface area contributed by atoms with Gasteiger partial charge in [-0.15, -0.1) is 21.5 Å². The van der Waals surface area contributed by atoms with Gasteiger partial charge >= 0.3 is 0 Å². The largest absolute Gasteiger partial charge is 0.274 e. The lowest BCUT2D eigenvalue weighted by Gasteiger charge is -2.19. The third-order valence-electron chi connectivity index (χ3n) is 4.97. The van der Waals surface area contributed by atoms with E-state index < -0.39 is 0 Å². The summed E-state index contributed by atoms with van der Waals surface area (Å²) >= 11 is 1.38. The zero-order valence-electron chi connectivity index (χ0n) is 17.6. The summed E-state index contributed by atoms with van der Waals surface area (Å²) in [6.07, 6.45) is 0. The quantitative estimate of drug-likeness (QED) is 0.457. The lowest BCUT2D eigenvalue weighted by Crippen LogP contribution is -2.22. The molecule has 0 fully saturated rings.